The molecular formula is C13H16N4O2S. The maximum Gasteiger partial charge on any atom is 0.273 e. The van der Waals surface area contributed by atoms with E-state index in [2.05, 4.69) is 15.7 Å². The van der Waals surface area contributed by atoms with Gasteiger partial charge in [-0.3, -0.25) is 4.79 Å². The Morgan fingerprint density at radius 3 is 3.00 bits per heavy atom. The molecule has 2 unspecified atom stereocenters. The summed E-state index contributed by atoms with van der Waals surface area (Å²) in [4.78, 5) is 14.3. The van der Waals surface area contributed by atoms with Crippen LogP contribution in [0.3, 0.4) is 0 Å². The lowest BCUT2D eigenvalue weighted by Gasteiger charge is -2.36. The highest BCUT2D eigenvalue weighted by Gasteiger charge is 2.31. The van der Waals surface area contributed by atoms with Crippen LogP contribution in [0.1, 0.15) is 29.1 Å². The number of amides is 1. The Bertz CT molecular complexity index is 595. The number of aryl methyl sites for hydroxylation is 1. The number of thiophene rings is 1. The topological polar surface area (TPSA) is 60.2 Å². The van der Waals surface area contributed by atoms with Crippen LogP contribution < -0.4 is 0 Å². The lowest BCUT2D eigenvalue weighted by atomic mass is 10.1. The molecule has 0 radical (unpaired) electrons. The molecule has 20 heavy (non-hydrogen) atoms. The van der Waals surface area contributed by atoms with Gasteiger partial charge in [-0.25, -0.2) is 4.68 Å². The normalized spacial score (nSPS) is 23.0. The number of aromatic nitrogens is 3. The minimum Gasteiger partial charge on any atom is -0.367 e. The molecule has 7 heteroatoms. The lowest BCUT2D eigenvalue weighted by Crippen LogP contribution is -2.46. The van der Waals surface area contributed by atoms with E-state index in [0.29, 0.717) is 18.8 Å². The van der Waals surface area contributed by atoms with Gasteiger partial charge in [0.1, 0.15) is 11.8 Å². The monoisotopic (exact) mass is 292 g/mol. The largest absolute Gasteiger partial charge is 0.367 e. The molecule has 2 aromatic heterocycles. The smallest absolute Gasteiger partial charge is 0.273 e. The third-order valence-corrected chi connectivity index (χ3v) is 4.10. The first-order valence-electron chi connectivity index (χ1n) is 6.46. The summed E-state index contributed by atoms with van der Waals surface area (Å²) in [5, 5.41) is 11.7. The van der Waals surface area contributed by atoms with Gasteiger partial charge < -0.3 is 9.64 Å². The number of rotatable bonds is 2. The summed E-state index contributed by atoms with van der Waals surface area (Å²) in [6, 6.07) is 2.04. The number of carbonyl (C=O) groups is 1. The summed E-state index contributed by atoms with van der Waals surface area (Å²) in [5.41, 5.74) is 1.63. The number of nitrogens with zero attached hydrogens (tertiary/aromatic N) is 4. The Balaban J connectivity index is 1.80. The van der Waals surface area contributed by atoms with Gasteiger partial charge in [-0.15, -0.1) is 5.10 Å². The Labute approximate surface area is 121 Å². The molecule has 1 saturated heterocycles. The van der Waals surface area contributed by atoms with Crippen LogP contribution in [0.25, 0.3) is 0 Å². The highest BCUT2D eigenvalue weighted by Crippen LogP contribution is 2.27. The third-order valence-electron chi connectivity index (χ3n) is 3.40. The highest BCUT2D eigenvalue weighted by molar-refractivity contribution is 7.07. The number of hydrogen-bond donors (Lipinski definition) is 0. The van der Waals surface area contributed by atoms with E-state index in [-0.39, 0.29) is 18.1 Å². The van der Waals surface area contributed by atoms with Crippen molar-refractivity contribution in [3.05, 3.63) is 34.3 Å². The molecule has 6 nitrogen and oxygen atoms in total. The van der Waals surface area contributed by atoms with E-state index in [9.17, 15) is 4.79 Å². The van der Waals surface area contributed by atoms with E-state index < -0.39 is 0 Å². The van der Waals surface area contributed by atoms with E-state index in [1.807, 2.05) is 23.3 Å². The lowest BCUT2D eigenvalue weighted by molar-refractivity contribution is -0.0692. The predicted molar refractivity (Wildman–Crippen MR) is 74.5 cm³/mol. The molecule has 1 fully saturated rings. The van der Waals surface area contributed by atoms with Gasteiger partial charge in [-0.2, -0.15) is 11.3 Å². The molecule has 0 aliphatic carbocycles. The van der Waals surface area contributed by atoms with Crippen LogP contribution in [-0.4, -0.2) is 45.0 Å². The van der Waals surface area contributed by atoms with Crippen molar-refractivity contribution in [3.8, 4) is 0 Å². The van der Waals surface area contributed by atoms with Gasteiger partial charge in [-0.1, -0.05) is 5.21 Å². The minimum atomic E-state index is -0.0601. The Morgan fingerprint density at radius 2 is 2.35 bits per heavy atom. The van der Waals surface area contributed by atoms with Crippen LogP contribution in [0.5, 0.6) is 0 Å². The van der Waals surface area contributed by atoms with Crippen LogP contribution >= 0.6 is 11.3 Å². The zero-order valence-electron chi connectivity index (χ0n) is 11.4. The first-order valence-corrected chi connectivity index (χ1v) is 7.41. The number of morpholine rings is 1. The average Bonchev–Trinajstić information content (AvgIpc) is 3.08. The molecule has 0 N–H and O–H groups in total. The first-order chi connectivity index (χ1) is 9.65. The van der Waals surface area contributed by atoms with E-state index in [1.165, 1.54) is 10.9 Å². The van der Waals surface area contributed by atoms with E-state index in [0.717, 1.165) is 5.56 Å². The number of hydrogen-bond acceptors (Lipinski definition) is 5. The number of carbonyl (C=O) groups excluding carboxylic acids is 1. The van der Waals surface area contributed by atoms with Crippen LogP contribution in [0, 0.1) is 0 Å². The van der Waals surface area contributed by atoms with Crippen molar-refractivity contribution in [1.29, 1.82) is 0 Å². The third kappa shape index (κ3) is 2.46. The standard InChI is InChI=1S/C13H16N4O2S/c1-9-6-17(13(18)11-5-14-15-16(11)2)7-12(19-9)10-3-4-20-8-10/h3-5,8-9,12H,6-7H2,1-2H3. The van der Waals surface area contributed by atoms with Gasteiger partial charge in [0.25, 0.3) is 5.91 Å². The quantitative estimate of drug-likeness (QED) is 0.841. The van der Waals surface area contributed by atoms with Crippen molar-refractivity contribution in [3.63, 3.8) is 0 Å². The van der Waals surface area contributed by atoms with E-state index >= 15 is 0 Å². The second-order valence-electron chi connectivity index (χ2n) is 4.95. The fraction of sp³-hybridized carbons (Fsp3) is 0.462. The zero-order chi connectivity index (χ0) is 14.1. The summed E-state index contributed by atoms with van der Waals surface area (Å²) in [6.07, 6.45) is 1.45. The SMILES string of the molecule is CC1CN(C(=O)c2cnnn2C)CC(c2ccsc2)O1. The van der Waals surface area contributed by atoms with Gasteiger partial charge in [0.15, 0.2) is 0 Å². The molecule has 0 aromatic carbocycles. The van der Waals surface area contributed by atoms with E-state index in [1.54, 1.807) is 18.4 Å². The minimum absolute atomic E-state index is 0.0128. The van der Waals surface area contributed by atoms with Crippen LogP contribution in [0.15, 0.2) is 23.0 Å². The summed E-state index contributed by atoms with van der Waals surface area (Å²) >= 11 is 1.64. The fourth-order valence-electron chi connectivity index (χ4n) is 2.40. The molecule has 0 bridgehead atoms. The van der Waals surface area contributed by atoms with Crippen molar-refractivity contribution in [2.75, 3.05) is 13.1 Å². The average molecular weight is 292 g/mol. The molecule has 0 saturated carbocycles. The summed E-state index contributed by atoms with van der Waals surface area (Å²) in [6.45, 7) is 3.13. The molecule has 0 spiro atoms. The molecule has 106 valence electrons. The maximum absolute atomic E-state index is 12.5. The molecule has 2 atom stereocenters. The predicted octanol–water partition coefficient (Wildman–Crippen LogP) is 1.48. The van der Waals surface area contributed by atoms with Gasteiger partial charge in [0.05, 0.1) is 18.8 Å². The molecule has 1 aliphatic rings. The Hall–Kier alpha value is -1.73. The first kappa shape index (κ1) is 13.3. The number of ether oxygens (including phenoxy) is 1. The fourth-order valence-corrected chi connectivity index (χ4v) is 3.11. The van der Waals surface area contributed by atoms with Crippen LogP contribution in [0.2, 0.25) is 0 Å². The summed E-state index contributed by atoms with van der Waals surface area (Å²) in [5.74, 6) is -0.0483. The molecule has 3 heterocycles. The molecule has 1 aliphatic heterocycles. The maximum atomic E-state index is 12.5. The summed E-state index contributed by atoms with van der Waals surface area (Å²) < 4.78 is 7.44. The molecule has 2 aromatic rings. The van der Waals surface area contributed by atoms with Gasteiger partial charge >= 0.3 is 0 Å². The highest BCUT2D eigenvalue weighted by atomic mass is 32.1. The van der Waals surface area contributed by atoms with E-state index in [4.69, 9.17) is 4.74 Å². The van der Waals surface area contributed by atoms with Gasteiger partial charge in [0, 0.05) is 13.6 Å². The van der Waals surface area contributed by atoms with Gasteiger partial charge in [0.2, 0.25) is 0 Å². The van der Waals surface area contributed by atoms with Crippen molar-refractivity contribution < 1.29 is 9.53 Å². The Morgan fingerprint density at radius 1 is 1.50 bits per heavy atom. The Kier molecular flexibility index (Phi) is 3.54. The van der Waals surface area contributed by atoms with Crippen molar-refractivity contribution in [1.82, 2.24) is 19.9 Å². The zero-order valence-corrected chi connectivity index (χ0v) is 12.2. The van der Waals surface area contributed by atoms with Crippen molar-refractivity contribution >= 4 is 17.2 Å². The molecule has 1 amide bonds. The van der Waals surface area contributed by atoms with Crippen molar-refractivity contribution in [2.24, 2.45) is 7.05 Å². The van der Waals surface area contributed by atoms with Crippen LogP contribution in [-0.2, 0) is 11.8 Å². The second kappa shape index (κ2) is 5.34. The van der Waals surface area contributed by atoms with Crippen molar-refractivity contribution in [2.45, 2.75) is 19.1 Å². The molecule has 3 rings (SSSR count). The van der Waals surface area contributed by atoms with Crippen LogP contribution in [0.4, 0.5) is 0 Å². The summed E-state index contributed by atoms with van der Waals surface area (Å²) in [7, 11) is 1.72. The molecular weight excluding hydrogens is 276 g/mol. The second-order valence-corrected chi connectivity index (χ2v) is 5.73. The van der Waals surface area contributed by atoms with Gasteiger partial charge in [-0.05, 0) is 29.3 Å².